The van der Waals surface area contributed by atoms with Gasteiger partial charge in [0.05, 0.1) is 52.3 Å². The number of hydrogen-bond acceptors (Lipinski definition) is 9. The molecule has 34 heavy (non-hydrogen) atoms. The van der Waals surface area contributed by atoms with E-state index in [2.05, 4.69) is 26.1 Å². The number of likely N-dealkylation sites (N-methyl/N-ethyl adjacent to an activating group) is 1. The van der Waals surface area contributed by atoms with Crippen LogP contribution in [0, 0.1) is 0 Å². The van der Waals surface area contributed by atoms with Crippen LogP contribution in [-0.4, -0.2) is 106 Å². The minimum Gasteiger partial charge on any atom is -0.394 e. The lowest BCUT2D eigenvalue weighted by molar-refractivity contribution is -0.861. The van der Waals surface area contributed by atoms with Crippen LogP contribution >= 0.6 is 0 Å². The van der Waals surface area contributed by atoms with Gasteiger partial charge in [-0.2, -0.15) is 0 Å². The zero-order chi connectivity index (χ0) is 25.1. The number of rotatable bonds is 13. The number of amides is 2. The minimum absolute atomic E-state index is 0.0317. The van der Waals surface area contributed by atoms with Crippen LogP contribution in [-0.2, 0) is 21.0 Å². The summed E-state index contributed by atoms with van der Waals surface area (Å²) in [5.74, 6) is -0.511. The molecule has 0 bridgehead atoms. The lowest BCUT2D eigenvalue weighted by Gasteiger charge is -2.22. The third-order valence-corrected chi connectivity index (χ3v) is 4.36. The van der Waals surface area contributed by atoms with Gasteiger partial charge in [-0.1, -0.05) is 10.4 Å². The normalized spacial score (nSPS) is 13.5. The van der Waals surface area contributed by atoms with E-state index in [4.69, 9.17) is 9.94 Å². The Kier molecular flexibility index (Phi) is 10.1. The first kappa shape index (κ1) is 26.9. The Morgan fingerprint density at radius 2 is 1.88 bits per heavy atom. The lowest BCUT2D eigenvalue weighted by atomic mass is 10.2. The fourth-order valence-corrected chi connectivity index (χ4v) is 2.65. The monoisotopic (exact) mass is 478 g/mol. The highest BCUT2D eigenvalue weighted by Gasteiger charge is 2.15. The molecule has 186 valence electrons. The van der Waals surface area contributed by atoms with E-state index in [1.165, 1.54) is 6.21 Å². The van der Waals surface area contributed by atoms with Crippen molar-refractivity contribution in [3.63, 3.8) is 0 Å². The molecule has 13 heteroatoms. The number of benzene rings is 1. The van der Waals surface area contributed by atoms with Crippen molar-refractivity contribution < 1.29 is 34.2 Å². The molecule has 2 atom stereocenters. The summed E-state index contributed by atoms with van der Waals surface area (Å²) in [6.45, 7) is -0.421. The highest BCUT2D eigenvalue weighted by molar-refractivity contribution is 5.91. The van der Waals surface area contributed by atoms with E-state index >= 15 is 0 Å². The molecular formula is C21H32N7O6+. The number of anilines is 1. The van der Waals surface area contributed by atoms with E-state index in [1.54, 1.807) is 35.1 Å². The second-order valence-corrected chi connectivity index (χ2v) is 8.59. The van der Waals surface area contributed by atoms with Gasteiger partial charge in [0.1, 0.15) is 11.8 Å². The van der Waals surface area contributed by atoms with Gasteiger partial charge in [0.2, 0.25) is 0 Å². The van der Waals surface area contributed by atoms with Crippen molar-refractivity contribution in [2.75, 3.05) is 46.2 Å². The van der Waals surface area contributed by atoms with E-state index in [9.17, 15) is 19.8 Å². The van der Waals surface area contributed by atoms with Gasteiger partial charge in [-0.25, -0.2) is 4.68 Å². The number of quaternary nitrogens is 1. The van der Waals surface area contributed by atoms with Crippen LogP contribution in [0.1, 0.15) is 12.1 Å². The van der Waals surface area contributed by atoms with Crippen LogP contribution in [0.2, 0.25) is 0 Å². The summed E-state index contributed by atoms with van der Waals surface area (Å²) in [5.41, 5.74) is 1.94. The molecule has 0 aliphatic carbocycles. The number of carbonyl (C=O) groups is 2. The molecule has 0 spiro atoms. The van der Waals surface area contributed by atoms with Gasteiger partial charge in [-0.3, -0.25) is 9.59 Å². The van der Waals surface area contributed by atoms with Crippen LogP contribution in [0.3, 0.4) is 0 Å². The van der Waals surface area contributed by atoms with Crippen molar-refractivity contribution in [3.05, 3.63) is 36.2 Å². The molecule has 0 saturated heterocycles. The second-order valence-electron chi connectivity index (χ2n) is 8.59. The van der Waals surface area contributed by atoms with Crippen molar-refractivity contribution in [1.29, 1.82) is 0 Å². The summed E-state index contributed by atoms with van der Waals surface area (Å²) in [4.78, 5) is 28.7. The quantitative estimate of drug-likeness (QED) is 0.133. The second kappa shape index (κ2) is 12.7. The first-order chi connectivity index (χ1) is 16.1. The molecule has 0 radical (unpaired) electrons. The summed E-state index contributed by atoms with van der Waals surface area (Å²) in [6, 6.07) is 7.13. The highest BCUT2D eigenvalue weighted by atomic mass is 16.6. The summed E-state index contributed by atoms with van der Waals surface area (Å²) in [6.07, 6.45) is 0.396. The minimum atomic E-state index is -1.26. The standard InChI is InChI=1S/C21H31N7O6/c1-28(2,3)12-20(32)24-15-4-6-17(7-5-15)27-11-16(25-26-27)10-22-21(33)14-34-23-9-8-18(30)19(31)13-29/h4-7,9,11,18-19,29-31H,8,10,12-14H2,1-3H3,(H-,22,24,32,33)/p+1/t18-,19+/m0/s1. The Morgan fingerprint density at radius 3 is 2.53 bits per heavy atom. The molecule has 0 saturated carbocycles. The van der Waals surface area contributed by atoms with E-state index < -0.39 is 24.7 Å². The number of oxime groups is 1. The first-order valence-corrected chi connectivity index (χ1v) is 10.6. The number of nitrogens with one attached hydrogen (secondary N) is 2. The lowest BCUT2D eigenvalue weighted by Crippen LogP contribution is -2.41. The number of aliphatic hydroxyl groups excluding tert-OH is 3. The topological polar surface area (TPSA) is 171 Å². The Hall–Kier alpha value is -3.39. The van der Waals surface area contributed by atoms with Crippen LogP contribution in [0.5, 0.6) is 0 Å². The largest absolute Gasteiger partial charge is 0.394 e. The van der Waals surface area contributed by atoms with E-state index in [0.717, 1.165) is 5.69 Å². The van der Waals surface area contributed by atoms with Crippen LogP contribution < -0.4 is 10.6 Å². The predicted octanol–water partition coefficient (Wildman–Crippen LogP) is -1.37. The summed E-state index contributed by atoms with van der Waals surface area (Å²) >= 11 is 0. The molecule has 5 N–H and O–H groups in total. The van der Waals surface area contributed by atoms with Crippen LogP contribution in [0.25, 0.3) is 5.69 Å². The fraction of sp³-hybridized carbons (Fsp3) is 0.476. The Morgan fingerprint density at radius 1 is 1.18 bits per heavy atom. The number of nitrogens with zero attached hydrogens (tertiary/aromatic N) is 5. The summed E-state index contributed by atoms with van der Waals surface area (Å²) < 4.78 is 2.08. The SMILES string of the molecule is C[N+](C)(C)CC(=O)Nc1ccc(-n2cc(CNC(=O)CON=CC[C@H](O)[C@H](O)CO)nn2)cc1. The zero-order valence-corrected chi connectivity index (χ0v) is 19.5. The average Bonchev–Trinajstić information content (AvgIpc) is 3.25. The van der Waals surface area contributed by atoms with Crippen LogP contribution in [0.15, 0.2) is 35.6 Å². The number of carbonyl (C=O) groups excluding carboxylic acids is 2. The van der Waals surface area contributed by atoms with E-state index in [0.29, 0.717) is 22.4 Å². The maximum atomic E-state index is 12.0. The van der Waals surface area contributed by atoms with Gasteiger partial charge in [0, 0.05) is 18.3 Å². The average molecular weight is 479 g/mol. The Bertz CT molecular complexity index is 955. The van der Waals surface area contributed by atoms with Gasteiger partial charge < -0.3 is 35.3 Å². The smallest absolute Gasteiger partial charge is 0.279 e. The third kappa shape index (κ3) is 9.62. The predicted molar refractivity (Wildman–Crippen MR) is 123 cm³/mol. The van der Waals surface area contributed by atoms with Gasteiger partial charge in [-0.15, -0.1) is 5.10 Å². The molecule has 1 aromatic heterocycles. The highest BCUT2D eigenvalue weighted by Crippen LogP contribution is 2.13. The molecule has 2 amide bonds. The fourth-order valence-electron chi connectivity index (χ4n) is 2.65. The molecule has 0 unspecified atom stereocenters. The first-order valence-electron chi connectivity index (χ1n) is 10.6. The molecule has 13 nitrogen and oxygen atoms in total. The number of aliphatic hydroxyl groups is 3. The molecule has 2 aromatic rings. The Balaban J connectivity index is 1.76. The third-order valence-electron chi connectivity index (χ3n) is 4.36. The summed E-state index contributed by atoms with van der Waals surface area (Å²) in [5, 5.41) is 44.4. The molecule has 1 heterocycles. The van der Waals surface area contributed by atoms with Gasteiger partial charge >= 0.3 is 0 Å². The van der Waals surface area contributed by atoms with Crippen LogP contribution in [0.4, 0.5) is 5.69 Å². The van der Waals surface area contributed by atoms with E-state index in [1.807, 2.05) is 21.1 Å². The molecule has 0 aliphatic heterocycles. The number of hydrogen-bond donors (Lipinski definition) is 5. The molecule has 2 rings (SSSR count). The van der Waals surface area contributed by atoms with Gasteiger partial charge in [-0.05, 0) is 24.3 Å². The van der Waals surface area contributed by atoms with Crippen molar-refractivity contribution in [1.82, 2.24) is 20.3 Å². The van der Waals surface area contributed by atoms with Crippen molar-refractivity contribution in [3.8, 4) is 5.69 Å². The molecule has 0 aliphatic rings. The van der Waals surface area contributed by atoms with Crippen molar-refractivity contribution in [2.24, 2.45) is 5.16 Å². The molecule has 0 fully saturated rings. The van der Waals surface area contributed by atoms with Gasteiger partial charge in [0.15, 0.2) is 13.2 Å². The van der Waals surface area contributed by atoms with E-state index in [-0.39, 0.29) is 25.5 Å². The summed E-state index contributed by atoms with van der Waals surface area (Å²) in [7, 11) is 5.82. The number of aromatic nitrogens is 3. The maximum absolute atomic E-state index is 12.0. The van der Waals surface area contributed by atoms with Gasteiger partial charge in [0.25, 0.3) is 11.8 Å². The van der Waals surface area contributed by atoms with Crippen molar-refractivity contribution >= 4 is 23.7 Å². The Labute approximate surface area is 197 Å². The maximum Gasteiger partial charge on any atom is 0.279 e. The van der Waals surface area contributed by atoms with Crippen molar-refractivity contribution in [2.45, 2.75) is 25.2 Å². The zero-order valence-electron chi connectivity index (χ0n) is 19.5. The molecule has 1 aromatic carbocycles. The molecular weight excluding hydrogens is 446 g/mol.